The molecule has 6 rings (SSSR count). The molecule has 1 aromatic carbocycles. The zero-order chi connectivity index (χ0) is 26.9. The molecule has 1 atom stereocenters. The van der Waals surface area contributed by atoms with Crippen LogP contribution in [0.25, 0.3) is 33.0 Å². The van der Waals surface area contributed by atoms with E-state index in [4.69, 9.17) is 0 Å². The first-order chi connectivity index (χ1) is 19.0. The molecule has 4 aromatic heterocycles. The van der Waals surface area contributed by atoms with Crippen LogP contribution in [0.2, 0.25) is 0 Å². The van der Waals surface area contributed by atoms with Gasteiger partial charge in [-0.05, 0) is 67.9 Å². The molecule has 1 amide bonds. The molecule has 1 aliphatic rings. The molecule has 0 aliphatic carbocycles. The number of aromatic nitrogens is 5. The van der Waals surface area contributed by atoms with E-state index in [9.17, 15) is 15.0 Å². The van der Waals surface area contributed by atoms with Crippen molar-refractivity contribution in [1.29, 1.82) is 0 Å². The first-order valence-electron chi connectivity index (χ1n) is 12.4. The Kier molecular flexibility index (Phi) is 6.83. The number of carbonyl (C=O) groups excluding carboxylic acids is 1. The van der Waals surface area contributed by atoms with Crippen molar-refractivity contribution in [2.24, 2.45) is 0 Å². The van der Waals surface area contributed by atoms with Crippen LogP contribution in [0.1, 0.15) is 28.1 Å². The molecule has 1 aliphatic heterocycles. The summed E-state index contributed by atoms with van der Waals surface area (Å²) in [5.41, 5.74) is 1.38. The Balaban J connectivity index is 1.41. The third kappa shape index (κ3) is 4.90. The second kappa shape index (κ2) is 10.6. The average Bonchev–Trinajstić information content (AvgIpc) is 3.57. The molecule has 5 aromatic rings. The molecular formula is C27H24FN7O3S. The third-order valence-electron chi connectivity index (χ3n) is 6.60. The number of benzene rings is 1. The molecule has 198 valence electrons. The highest BCUT2D eigenvalue weighted by molar-refractivity contribution is 7.19. The Hall–Kier alpha value is -4.10. The van der Waals surface area contributed by atoms with Crippen LogP contribution >= 0.6 is 11.3 Å². The fraction of sp³-hybridized carbons (Fsp3) is 0.222. The number of anilines is 1. The van der Waals surface area contributed by atoms with Gasteiger partial charge in [0, 0.05) is 40.0 Å². The van der Waals surface area contributed by atoms with E-state index in [2.05, 4.69) is 25.6 Å². The Morgan fingerprint density at radius 1 is 1.21 bits per heavy atom. The number of pyridine rings is 2. The van der Waals surface area contributed by atoms with E-state index in [0.29, 0.717) is 29.2 Å². The van der Waals surface area contributed by atoms with Crippen molar-refractivity contribution in [3.05, 3.63) is 77.2 Å². The number of hydrogen-bond donors (Lipinski definition) is 3. The molecule has 0 spiro atoms. The fourth-order valence-electron chi connectivity index (χ4n) is 4.79. The number of rotatable bonds is 6. The minimum atomic E-state index is -1.57. The first-order valence-corrected chi connectivity index (χ1v) is 13.2. The van der Waals surface area contributed by atoms with Crippen LogP contribution < -0.4 is 10.2 Å². The molecule has 5 heterocycles. The van der Waals surface area contributed by atoms with Gasteiger partial charge in [0.2, 0.25) is 0 Å². The number of amides is 1. The largest absolute Gasteiger partial charge is 0.365 e. The van der Waals surface area contributed by atoms with Crippen molar-refractivity contribution in [3.63, 3.8) is 0 Å². The minimum Gasteiger partial charge on any atom is -0.365 e. The molecule has 3 N–H and O–H groups in total. The summed E-state index contributed by atoms with van der Waals surface area (Å²) in [6, 6.07) is 11.3. The molecule has 0 unspecified atom stereocenters. The summed E-state index contributed by atoms with van der Waals surface area (Å²) < 4.78 is 17.9. The van der Waals surface area contributed by atoms with Crippen molar-refractivity contribution in [3.8, 4) is 5.69 Å². The van der Waals surface area contributed by atoms with Crippen molar-refractivity contribution < 1.29 is 19.4 Å². The molecule has 1 fully saturated rings. The van der Waals surface area contributed by atoms with Gasteiger partial charge < -0.3 is 15.5 Å². The van der Waals surface area contributed by atoms with E-state index >= 15 is 4.39 Å². The number of nitrogens with one attached hydrogen (secondary N) is 1. The Bertz CT molecular complexity index is 1690. The SMILES string of the molecule is O=C(c1ccc(-n2nnc3cccnc32)cc1F)N(c1nccc2sc(/C=C/C(O)O)cc12)[C@@H]1CCCNC1. The van der Waals surface area contributed by atoms with Crippen LogP contribution in [0.15, 0.2) is 60.9 Å². The highest BCUT2D eigenvalue weighted by Gasteiger charge is 2.32. The van der Waals surface area contributed by atoms with Crippen molar-refractivity contribution in [2.45, 2.75) is 25.2 Å². The summed E-state index contributed by atoms with van der Waals surface area (Å²) in [7, 11) is 0. The lowest BCUT2D eigenvalue weighted by Gasteiger charge is -2.34. The van der Waals surface area contributed by atoms with Gasteiger partial charge in [-0.2, -0.15) is 4.68 Å². The molecule has 0 radical (unpaired) electrons. The molecular weight excluding hydrogens is 521 g/mol. The van der Waals surface area contributed by atoms with Crippen molar-refractivity contribution in [1.82, 2.24) is 30.3 Å². The summed E-state index contributed by atoms with van der Waals surface area (Å²) in [6.45, 7) is 1.39. The Labute approximate surface area is 226 Å². The predicted octanol–water partition coefficient (Wildman–Crippen LogP) is 3.29. The second-order valence-corrected chi connectivity index (χ2v) is 10.3. The predicted molar refractivity (Wildman–Crippen MR) is 146 cm³/mol. The number of thiophene rings is 1. The number of nitrogens with zero attached hydrogens (tertiary/aromatic N) is 6. The van der Waals surface area contributed by atoms with E-state index in [-0.39, 0.29) is 11.6 Å². The van der Waals surface area contributed by atoms with E-state index in [0.717, 1.165) is 34.3 Å². The van der Waals surface area contributed by atoms with Gasteiger partial charge in [-0.25, -0.2) is 14.4 Å². The highest BCUT2D eigenvalue weighted by Crippen LogP contribution is 2.35. The lowest BCUT2D eigenvalue weighted by molar-refractivity contribution is 0.00304. The molecule has 0 bridgehead atoms. The van der Waals surface area contributed by atoms with Gasteiger partial charge in [-0.15, -0.1) is 16.4 Å². The van der Waals surface area contributed by atoms with Crippen LogP contribution in [-0.4, -0.2) is 66.5 Å². The van der Waals surface area contributed by atoms with E-state index < -0.39 is 18.0 Å². The second-order valence-electron chi connectivity index (χ2n) is 9.15. The molecule has 1 saturated heterocycles. The third-order valence-corrected chi connectivity index (χ3v) is 7.66. The van der Waals surface area contributed by atoms with Crippen molar-refractivity contribution >= 4 is 50.4 Å². The Morgan fingerprint density at radius 2 is 2.10 bits per heavy atom. The quantitative estimate of drug-likeness (QED) is 0.277. The normalized spacial score (nSPS) is 16.1. The summed E-state index contributed by atoms with van der Waals surface area (Å²) in [5, 5.41) is 30.6. The lowest BCUT2D eigenvalue weighted by Crippen LogP contribution is -2.49. The number of aliphatic hydroxyl groups is 2. The van der Waals surface area contributed by atoms with E-state index in [1.165, 1.54) is 34.2 Å². The maximum atomic E-state index is 15.6. The van der Waals surface area contributed by atoms with Crippen LogP contribution in [0.4, 0.5) is 10.2 Å². The van der Waals surface area contributed by atoms with Gasteiger partial charge in [-0.1, -0.05) is 5.21 Å². The van der Waals surface area contributed by atoms with Gasteiger partial charge in [0.15, 0.2) is 11.9 Å². The van der Waals surface area contributed by atoms with Crippen LogP contribution in [0.3, 0.4) is 0 Å². The first kappa shape index (κ1) is 25.2. The van der Waals surface area contributed by atoms with Gasteiger partial charge in [0.05, 0.1) is 17.3 Å². The fourth-order valence-corrected chi connectivity index (χ4v) is 5.76. The maximum Gasteiger partial charge on any atom is 0.262 e. The summed E-state index contributed by atoms with van der Waals surface area (Å²) in [5.74, 6) is -0.756. The number of piperidine rings is 1. The summed E-state index contributed by atoms with van der Waals surface area (Å²) >= 11 is 1.43. The minimum absolute atomic E-state index is 0.0840. The highest BCUT2D eigenvalue weighted by atomic mass is 32.1. The Morgan fingerprint density at radius 3 is 2.90 bits per heavy atom. The van der Waals surface area contributed by atoms with Crippen LogP contribution in [-0.2, 0) is 0 Å². The lowest BCUT2D eigenvalue weighted by atomic mass is 10.0. The van der Waals surface area contributed by atoms with E-state index in [1.54, 1.807) is 41.6 Å². The van der Waals surface area contributed by atoms with Crippen LogP contribution in [0, 0.1) is 5.82 Å². The average molecular weight is 546 g/mol. The molecule has 10 nitrogen and oxygen atoms in total. The monoisotopic (exact) mass is 545 g/mol. The molecule has 12 heteroatoms. The topological polar surface area (TPSA) is 129 Å². The van der Waals surface area contributed by atoms with Crippen molar-refractivity contribution in [2.75, 3.05) is 18.0 Å². The summed E-state index contributed by atoms with van der Waals surface area (Å²) in [4.78, 5) is 25.2. The molecule has 39 heavy (non-hydrogen) atoms. The number of hydrogen-bond acceptors (Lipinski definition) is 9. The molecule has 0 saturated carbocycles. The van der Waals surface area contributed by atoms with Gasteiger partial charge >= 0.3 is 0 Å². The number of fused-ring (bicyclic) bond motifs is 2. The van der Waals surface area contributed by atoms with Gasteiger partial charge in [0.25, 0.3) is 5.91 Å². The zero-order valence-corrected chi connectivity index (χ0v) is 21.4. The summed E-state index contributed by atoms with van der Waals surface area (Å²) in [6.07, 6.45) is 6.13. The van der Waals surface area contributed by atoms with Gasteiger partial charge in [0.1, 0.15) is 17.2 Å². The van der Waals surface area contributed by atoms with E-state index in [1.807, 2.05) is 12.1 Å². The zero-order valence-electron chi connectivity index (χ0n) is 20.6. The standard InChI is InChI=1S/C27H24FN7O3S/c28-21-13-16(35-26-22(32-33-35)4-2-11-30-26)5-7-19(21)27(38)34(17-3-1-10-29-15-17)25-20-14-18(6-8-24(36)37)39-23(20)9-12-31-25/h2,4-9,11-14,17,24,29,36-37H,1,3,10,15H2/b8-6+/t17-/m1/s1. The number of halogens is 1. The van der Waals surface area contributed by atoms with Crippen LogP contribution in [0.5, 0.6) is 0 Å². The smallest absolute Gasteiger partial charge is 0.262 e. The maximum absolute atomic E-state index is 15.6. The number of carbonyl (C=O) groups is 1. The van der Waals surface area contributed by atoms with Gasteiger partial charge in [-0.3, -0.25) is 9.69 Å². The number of aliphatic hydroxyl groups excluding tert-OH is 1.